The maximum Gasteiger partial charge on any atom is 0.297 e. The van der Waals surface area contributed by atoms with Crippen molar-refractivity contribution in [3.8, 4) is 0 Å². The van der Waals surface area contributed by atoms with Gasteiger partial charge in [-0.3, -0.25) is 4.18 Å². The summed E-state index contributed by atoms with van der Waals surface area (Å²) >= 11 is 0. The Bertz CT molecular complexity index is 578. The van der Waals surface area contributed by atoms with Crippen LogP contribution in [-0.2, 0) is 28.5 Å². The van der Waals surface area contributed by atoms with Gasteiger partial charge in [-0.05, 0) is 51.2 Å². The van der Waals surface area contributed by atoms with Crippen molar-refractivity contribution in [1.29, 1.82) is 0 Å². The van der Waals surface area contributed by atoms with Crippen LogP contribution in [0.5, 0.6) is 0 Å². The van der Waals surface area contributed by atoms with E-state index in [1.54, 1.807) is 24.3 Å². The lowest BCUT2D eigenvalue weighted by atomic mass is 10.2. The highest BCUT2D eigenvalue weighted by molar-refractivity contribution is 7.86. The van der Waals surface area contributed by atoms with Crippen molar-refractivity contribution in [1.82, 2.24) is 0 Å². The lowest BCUT2D eigenvalue weighted by molar-refractivity contribution is -0.163. The van der Waals surface area contributed by atoms with Gasteiger partial charge in [-0.25, -0.2) is 0 Å². The molecule has 1 saturated heterocycles. The minimum absolute atomic E-state index is 0.0165. The predicted octanol–water partition coefficient (Wildman–Crippen LogP) is 3.04. The predicted molar refractivity (Wildman–Crippen MR) is 93.9 cm³/mol. The van der Waals surface area contributed by atoms with Gasteiger partial charge in [-0.15, -0.1) is 0 Å². The van der Waals surface area contributed by atoms with E-state index in [4.69, 9.17) is 18.4 Å². The van der Waals surface area contributed by atoms with Crippen LogP contribution >= 0.6 is 0 Å². The molecule has 6 nitrogen and oxygen atoms in total. The summed E-state index contributed by atoms with van der Waals surface area (Å²) in [6.45, 7) is 4.17. The number of ether oxygens (including phenoxy) is 3. The molecular formula is C18H28O6S. The van der Waals surface area contributed by atoms with Gasteiger partial charge in [0, 0.05) is 19.8 Å². The molecule has 1 aliphatic heterocycles. The second-order valence-corrected chi connectivity index (χ2v) is 7.69. The summed E-state index contributed by atoms with van der Waals surface area (Å²) < 4.78 is 45.4. The molecule has 142 valence electrons. The molecule has 7 heteroatoms. The number of benzene rings is 1. The fourth-order valence-electron chi connectivity index (χ4n) is 2.44. The Kier molecular flexibility index (Phi) is 8.84. The molecule has 1 atom stereocenters. The molecule has 0 spiro atoms. The van der Waals surface area contributed by atoms with Crippen molar-refractivity contribution in [2.75, 3.05) is 33.0 Å². The van der Waals surface area contributed by atoms with E-state index in [9.17, 15) is 8.42 Å². The van der Waals surface area contributed by atoms with E-state index in [1.807, 2.05) is 6.92 Å². The van der Waals surface area contributed by atoms with E-state index < -0.39 is 10.1 Å². The van der Waals surface area contributed by atoms with Crippen LogP contribution in [0.15, 0.2) is 29.2 Å². The molecule has 0 amide bonds. The monoisotopic (exact) mass is 372 g/mol. The van der Waals surface area contributed by atoms with Gasteiger partial charge >= 0.3 is 0 Å². The molecule has 1 unspecified atom stereocenters. The second kappa shape index (κ2) is 10.9. The first-order valence-corrected chi connectivity index (χ1v) is 10.3. The van der Waals surface area contributed by atoms with Crippen LogP contribution in [0.25, 0.3) is 0 Å². The zero-order valence-electron chi connectivity index (χ0n) is 14.8. The largest absolute Gasteiger partial charge is 0.379 e. The summed E-state index contributed by atoms with van der Waals surface area (Å²) in [6, 6.07) is 6.57. The third-order valence-electron chi connectivity index (χ3n) is 3.90. The minimum Gasteiger partial charge on any atom is -0.379 e. The summed E-state index contributed by atoms with van der Waals surface area (Å²) in [7, 11) is -3.70. The highest BCUT2D eigenvalue weighted by atomic mass is 32.2. The van der Waals surface area contributed by atoms with E-state index in [-0.39, 0.29) is 24.4 Å². The van der Waals surface area contributed by atoms with Crippen molar-refractivity contribution >= 4 is 10.1 Å². The van der Waals surface area contributed by atoms with Gasteiger partial charge in [0.2, 0.25) is 0 Å². The van der Waals surface area contributed by atoms with Crippen molar-refractivity contribution in [3.63, 3.8) is 0 Å². The van der Waals surface area contributed by atoms with E-state index >= 15 is 0 Å². The van der Waals surface area contributed by atoms with Gasteiger partial charge in [0.25, 0.3) is 10.1 Å². The van der Waals surface area contributed by atoms with Crippen LogP contribution in [0.2, 0.25) is 0 Å². The molecule has 0 aliphatic carbocycles. The summed E-state index contributed by atoms with van der Waals surface area (Å²) in [5.41, 5.74) is 1.00. The van der Waals surface area contributed by atoms with Gasteiger partial charge < -0.3 is 14.2 Å². The maximum absolute atomic E-state index is 12.0. The number of rotatable bonds is 11. The third kappa shape index (κ3) is 7.83. The maximum atomic E-state index is 12.0. The van der Waals surface area contributed by atoms with Gasteiger partial charge in [-0.2, -0.15) is 8.42 Å². The number of unbranched alkanes of at least 4 members (excludes halogenated alkanes) is 1. The smallest absolute Gasteiger partial charge is 0.297 e. The zero-order valence-corrected chi connectivity index (χ0v) is 15.6. The standard InChI is InChI=1S/C18H28O6S/c1-16-7-9-17(10-8-16)25(19,20)24-15-14-21-11-4-5-13-23-18-6-2-3-12-22-18/h7-10,18H,2-6,11-15H2,1H3. The molecule has 1 fully saturated rings. The fourth-order valence-corrected chi connectivity index (χ4v) is 3.33. The summed E-state index contributed by atoms with van der Waals surface area (Å²) in [5.74, 6) is 0. The summed E-state index contributed by atoms with van der Waals surface area (Å²) in [5, 5.41) is 0. The van der Waals surface area contributed by atoms with E-state index in [0.717, 1.165) is 37.9 Å². The Morgan fingerprint density at radius 1 is 1.04 bits per heavy atom. The molecule has 0 radical (unpaired) electrons. The number of hydrogen-bond donors (Lipinski definition) is 0. The first-order chi connectivity index (χ1) is 12.1. The van der Waals surface area contributed by atoms with Crippen LogP contribution in [0, 0.1) is 6.92 Å². The first-order valence-electron chi connectivity index (χ1n) is 8.85. The molecular weight excluding hydrogens is 344 g/mol. The fraction of sp³-hybridized carbons (Fsp3) is 0.667. The van der Waals surface area contributed by atoms with Crippen molar-refractivity contribution in [3.05, 3.63) is 29.8 Å². The Morgan fingerprint density at radius 3 is 2.52 bits per heavy atom. The molecule has 25 heavy (non-hydrogen) atoms. The molecule has 0 aromatic heterocycles. The van der Waals surface area contributed by atoms with E-state index in [1.165, 1.54) is 6.42 Å². The first kappa shape index (κ1) is 20.3. The highest BCUT2D eigenvalue weighted by Gasteiger charge is 2.15. The summed E-state index contributed by atoms with van der Waals surface area (Å²) in [6.07, 6.45) is 4.97. The van der Waals surface area contributed by atoms with Gasteiger partial charge in [0.1, 0.15) is 0 Å². The Morgan fingerprint density at radius 2 is 1.80 bits per heavy atom. The quantitative estimate of drug-likeness (QED) is 0.439. The average molecular weight is 372 g/mol. The summed E-state index contributed by atoms with van der Waals surface area (Å²) in [4.78, 5) is 0.167. The minimum atomic E-state index is -3.70. The Balaban J connectivity index is 1.48. The molecule has 1 aromatic rings. The van der Waals surface area contributed by atoms with E-state index in [0.29, 0.717) is 13.2 Å². The topological polar surface area (TPSA) is 71.1 Å². The Labute approximate surface area is 150 Å². The SMILES string of the molecule is Cc1ccc(S(=O)(=O)OCCOCCCCOC2CCCCO2)cc1. The number of hydrogen-bond acceptors (Lipinski definition) is 6. The molecule has 2 rings (SSSR count). The average Bonchev–Trinajstić information content (AvgIpc) is 2.61. The van der Waals surface area contributed by atoms with Crippen LogP contribution in [0.4, 0.5) is 0 Å². The zero-order chi connectivity index (χ0) is 18.0. The lowest BCUT2D eigenvalue weighted by Gasteiger charge is -2.22. The Hall–Kier alpha value is -0.990. The van der Waals surface area contributed by atoms with Crippen molar-refractivity contribution < 1.29 is 26.8 Å². The molecule has 1 aromatic carbocycles. The van der Waals surface area contributed by atoms with Gasteiger partial charge in [0.15, 0.2) is 6.29 Å². The molecule has 0 bridgehead atoms. The van der Waals surface area contributed by atoms with Crippen LogP contribution in [0.1, 0.15) is 37.7 Å². The normalized spacial score (nSPS) is 18.4. The number of aryl methyl sites for hydroxylation is 1. The van der Waals surface area contributed by atoms with Crippen molar-refractivity contribution in [2.45, 2.75) is 50.2 Å². The van der Waals surface area contributed by atoms with Crippen LogP contribution in [0.3, 0.4) is 0 Å². The van der Waals surface area contributed by atoms with Crippen molar-refractivity contribution in [2.24, 2.45) is 0 Å². The lowest BCUT2D eigenvalue weighted by Crippen LogP contribution is -2.22. The highest BCUT2D eigenvalue weighted by Crippen LogP contribution is 2.14. The molecule has 0 saturated carbocycles. The molecule has 1 aliphatic rings. The van der Waals surface area contributed by atoms with Gasteiger partial charge in [-0.1, -0.05) is 17.7 Å². The van der Waals surface area contributed by atoms with Crippen LogP contribution < -0.4 is 0 Å². The second-order valence-electron chi connectivity index (χ2n) is 6.08. The van der Waals surface area contributed by atoms with Gasteiger partial charge in [0.05, 0.1) is 18.1 Å². The van der Waals surface area contributed by atoms with E-state index in [2.05, 4.69) is 0 Å². The molecule has 1 heterocycles. The third-order valence-corrected chi connectivity index (χ3v) is 5.23. The molecule has 0 N–H and O–H groups in total. The van der Waals surface area contributed by atoms with Crippen LogP contribution in [-0.4, -0.2) is 47.7 Å².